The molecule has 1 fully saturated rings. The highest BCUT2D eigenvalue weighted by Gasteiger charge is 2.50. The first kappa shape index (κ1) is 21.0. The minimum absolute atomic E-state index is 0.100. The molecule has 0 radical (unpaired) electrons. The molecule has 1 saturated heterocycles. The highest BCUT2D eigenvalue weighted by atomic mass is 79.9. The number of hydrogen-bond donors (Lipinski definition) is 1. The second-order valence-electron chi connectivity index (χ2n) is 6.00. The van der Waals surface area contributed by atoms with Crippen LogP contribution in [-0.2, 0) is 28.6 Å². The number of rotatable bonds is 5. The number of H-pyrrole nitrogens is 1. The Hall–Kier alpha value is -2.27. The van der Waals surface area contributed by atoms with Gasteiger partial charge in [-0.2, -0.15) is 0 Å². The number of alkyl halides is 1. The average Bonchev–Trinajstić information content (AvgIpc) is 2.85. The van der Waals surface area contributed by atoms with Gasteiger partial charge in [0.1, 0.15) is 18.5 Å². The van der Waals surface area contributed by atoms with Crippen molar-refractivity contribution in [2.75, 3.05) is 11.5 Å². The van der Waals surface area contributed by atoms with Crippen LogP contribution >= 0.6 is 15.9 Å². The summed E-state index contributed by atoms with van der Waals surface area (Å²) >= 11 is 3.40. The number of carbonyl (C=O) groups is 3. The van der Waals surface area contributed by atoms with E-state index in [0.717, 1.165) is 0 Å². The molecule has 0 aromatic carbocycles. The molecule has 2 heterocycles. The number of nitrogens with one attached hydrogen (secondary N) is 1. The predicted octanol–water partition coefficient (Wildman–Crippen LogP) is 0.414. The summed E-state index contributed by atoms with van der Waals surface area (Å²) in [4.78, 5) is 53.4. The van der Waals surface area contributed by atoms with E-state index in [4.69, 9.17) is 14.2 Å². The summed E-state index contributed by atoms with van der Waals surface area (Å²) in [6.07, 6.45) is -1.31. The van der Waals surface area contributed by atoms with Gasteiger partial charge in [0.2, 0.25) is 5.91 Å². The molecule has 2 rings (SSSR count). The van der Waals surface area contributed by atoms with Crippen molar-refractivity contribution in [2.24, 2.45) is 0 Å². The molecule has 1 amide bonds. The maximum Gasteiger partial charge on any atom is 0.346 e. The zero-order valence-electron chi connectivity index (χ0n) is 15.2. The Kier molecular flexibility index (Phi) is 6.71. The molecule has 1 N–H and O–H groups in total. The van der Waals surface area contributed by atoms with Gasteiger partial charge in [-0.15, -0.1) is 0 Å². The number of amides is 1. The minimum Gasteiger partial charge on any atom is -0.463 e. The third kappa shape index (κ3) is 4.92. The smallest absolute Gasteiger partial charge is 0.346 e. The normalized spacial score (nSPS) is 24.3. The number of ether oxygens (including phenoxy) is 3. The van der Waals surface area contributed by atoms with Crippen LogP contribution < -0.4 is 10.6 Å². The van der Waals surface area contributed by atoms with Crippen LogP contribution in [0, 0.1) is 6.92 Å². The fourth-order valence-electron chi connectivity index (χ4n) is 2.72. The van der Waals surface area contributed by atoms with Crippen molar-refractivity contribution in [3.63, 3.8) is 0 Å². The van der Waals surface area contributed by atoms with Gasteiger partial charge in [-0.1, -0.05) is 15.9 Å². The second-order valence-corrected chi connectivity index (χ2v) is 7.05. The Bertz CT molecular complexity index is 796. The van der Waals surface area contributed by atoms with Gasteiger partial charge >= 0.3 is 17.6 Å². The first-order valence-electron chi connectivity index (χ1n) is 8.07. The molecule has 148 valence electrons. The number of carbonyl (C=O) groups excluding carboxylic acids is 3. The highest BCUT2D eigenvalue weighted by molar-refractivity contribution is 9.09. The van der Waals surface area contributed by atoms with Gasteiger partial charge in [-0.25, -0.2) is 9.78 Å². The molecular formula is C16H20BrN3O7. The number of aromatic nitrogens is 2. The summed E-state index contributed by atoms with van der Waals surface area (Å²) < 4.78 is 16.2. The lowest BCUT2D eigenvalue weighted by Gasteiger charge is -2.31. The van der Waals surface area contributed by atoms with E-state index in [1.54, 1.807) is 6.92 Å². The third-order valence-corrected chi connectivity index (χ3v) is 4.94. The Labute approximate surface area is 163 Å². The lowest BCUT2D eigenvalue weighted by Crippen LogP contribution is -2.48. The van der Waals surface area contributed by atoms with Crippen molar-refractivity contribution in [3.05, 3.63) is 22.2 Å². The number of hydrogen-bond acceptors (Lipinski definition) is 8. The fraction of sp³-hybridized carbons (Fsp3) is 0.562. The van der Waals surface area contributed by atoms with Crippen LogP contribution in [0.25, 0.3) is 0 Å². The Morgan fingerprint density at radius 2 is 1.96 bits per heavy atom. The zero-order valence-corrected chi connectivity index (χ0v) is 16.8. The number of halogens is 1. The van der Waals surface area contributed by atoms with E-state index in [0.29, 0.717) is 5.56 Å². The predicted molar refractivity (Wildman–Crippen MR) is 96.3 cm³/mol. The Morgan fingerprint density at radius 1 is 1.30 bits per heavy atom. The van der Waals surface area contributed by atoms with Crippen molar-refractivity contribution in [1.82, 2.24) is 9.97 Å². The van der Waals surface area contributed by atoms with Crippen molar-refractivity contribution >= 4 is 39.6 Å². The summed E-state index contributed by atoms with van der Waals surface area (Å²) in [5, 5.41) is 0. The Balaban J connectivity index is 2.43. The van der Waals surface area contributed by atoms with Gasteiger partial charge < -0.3 is 14.2 Å². The van der Waals surface area contributed by atoms with E-state index in [-0.39, 0.29) is 12.4 Å². The maximum atomic E-state index is 12.4. The van der Waals surface area contributed by atoms with Gasteiger partial charge in [0.15, 0.2) is 12.3 Å². The van der Waals surface area contributed by atoms with Gasteiger partial charge in [-0.05, 0) is 6.92 Å². The highest BCUT2D eigenvalue weighted by Crippen LogP contribution is 2.34. The quantitative estimate of drug-likeness (QED) is 0.509. The average molecular weight is 446 g/mol. The van der Waals surface area contributed by atoms with Gasteiger partial charge in [-0.3, -0.25) is 24.3 Å². The van der Waals surface area contributed by atoms with Crippen LogP contribution in [0.4, 0.5) is 5.82 Å². The zero-order chi connectivity index (χ0) is 20.3. The molecule has 1 aromatic rings. The van der Waals surface area contributed by atoms with E-state index < -0.39 is 46.8 Å². The molecule has 0 saturated carbocycles. The number of aromatic amines is 1. The number of nitrogens with zero attached hydrogens (tertiary/aromatic N) is 2. The maximum absolute atomic E-state index is 12.4. The molecule has 10 nitrogen and oxygen atoms in total. The lowest BCUT2D eigenvalue weighted by molar-refractivity contribution is -0.150. The minimum atomic E-state index is -1.05. The molecule has 0 spiro atoms. The SMILES string of the molecule is CC(=O)OC[C@H]1O[C@@H](N(C(C)=O)c2[nH]c(=O)ncc2C)[C@H](OC(C)=O)[C@H]1Br. The number of esters is 2. The van der Waals surface area contributed by atoms with E-state index in [9.17, 15) is 19.2 Å². The van der Waals surface area contributed by atoms with E-state index in [1.807, 2.05) is 0 Å². The monoisotopic (exact) mass is 445 g/mol. The summed E-state index contributed by atoms with van der Waals surface area (Å²) in [5.41, 5.74) is -0.125. The molecular weight excluding hydrogens is 426 g/mol. The molecule has 1 aromatic heterocycles. The van der Waals surface area contributed by atoms with Crippen molar-refractivity contribution in [3.8, 4) is 0 Å². The van der Waals surface area contributed by atoms with Crippen LogP contribution in [-0.4, -0.2) is 57.7 Å². The van der Waals surface area contributed by atoms with Gasteiger partial charge in [0, 0.05) is 32.5 Å². The molecule has 0 bridgehead atoms. The number of anilines is 1. The second kappa shape index (κ2) is 8.61. The molecule has 0 unspecified atom stereocenters. The number of aryl methyl sites for hydroxylation is 1. The molecule has 1 aliphatic rings. The summed E-state index contributed by atoms with van der Waals surface area (Å²) in [6, 6.07) is 0. The first-order valence-corrected chi connectivity index (χ1v) is 8.99. The van der Waals surface area contributed by atoms with Crippen LogP contribution in [0.2, 0.25) is 0 Å². The first-order chi connectivity index (χ1) is 12.6. The van der Waals surface area contributed by atoms with E-state index >= 15 is 0 Å². The lowest BCUT2D eigenvalue weighted by atomic mass is 10.1. The largest absolute Gasteiger partial charge is 0.463 e. The van der Waals surface area contributed by atoms with Crippen molar-refractivity contribution in [1.29, 1.82) is 0 Å². The molecule has 27 heavy (non-hydrogen) atoms. The van der Waals surface area contributed by atoms with Gasteiger partial charge in [0.25, 0.3) is 0 Å². The topological polar surface area (TPSA) is 128 Å². The molecule has 11 heteroatoms. The summed E-state index contributed by atoms with van der Waals surface area (Å²) in [6.45, 7) is 5.33. The summed E-state index contributed by atoms with van der Waals surface area (Å²) in [5.74, 6) is -1.34. The van der Waals surface area contributed by atoms with E-state index in [2.05, 4.69) is 25.9 Å². The van der Waals surface area contributed by atoms with Crippen molar-refractivity contribution in [2.45, 2.75) is 51.0 Å². The molecule has 1 aliphatic heterocycles. The third-order valence-electron chi connectivity index (χ3n) is 3.83. The van der Waals surface area contributed by atoms with Crippen molar-refractivity contribution < 1.29 is 28.6 Å². The molecule has 4 atom stereocenters. The van der Waals surface area contributed by atoms with Crippen LogP contribution in [0.1, 0.15) is 26.3 Å². The summed E-state index contributed by atoms with van der Waals surface area (Å²) in [7, 11) is 0. The van der Waals surface area contributed by atoms with Crippen LogP contribution in [0.3, 0.4) is 0 Å². The molecule has 0 aliphatic carbocycles. The Morgan fingerprint density at radius 3 is 2.52 bits per heavy atom. The fourth-order valence-corrected chi connectivity index (χ4v) is 3.36. The standard InChI is InChI=1S/C16H20BrN3O7/c1-7-5-18-16(24)19-14(7)20(8(2)21)15-13(26-10(4)23)12(17)11(27-15)6-25-9(3)22/h5,11-13,15H,6H2,1-4H3,(H,18,19,24)/t11-,12+,13-,15-/m1/s1. The van der Waals surface area contributed by atoms with Gasteiger partial charge in [0.05, 0.1) is 4.83 Å². The van der Waals surface area contributed by atoms with E-state index in [1.165, 1.54) is 31.9 Å². The van der Waals surface area contributed by atoms with Crippen LogP contribution in [0.15, 0.2) is 11.0 Å². The van der Waals surface area contributed by atoms with Crippen LogP contribution in [0.5, 0.6) is 0 Å².